The molecule has 3 fully saturated rings. The van der Waals surface area contributed by atoms with Crippen molar-refractivity contribution in [2.45, 2.75) is 85.6 Å². The SMILES string of the molecule is O=C(C1CCC(SC2CCCCO2)CC1)C1CC(Cl)CCC1Cl. The lowest BCUT2D eigenvalue weighted by Gasteiger charge is -2.35. The molecule has 23 heavy (non-hydrogen) atoms. The van der Waals surface area contributed by atoms with Gasteiger partial charge in [0.15, 0.2) is 0 Å². The van der Waals surface area contributed by atoms with Crippen LogP contribution in [0, 0.1) is 11.8 Å². The fourth-order valence-corrected chi connectivity index (χ4v) is 6.32. The average molecular weight is 379 g/mol. The molecule has 0 amide bonds. The number of thioether (sulfide) groups is 1. The molecule has 0 spiro atoms. The van der Waals surface area contributed by atoms with Crippen LogP contribution in [0.4, 0.5) is 0 Å². The Morgan fingerprint density at radius 1 is 0.957 bits per heavy atom. The first kappa shape index (κ1) is 18.4. The van der Waals surface area contributed by atoms with Gasteiger partial charge < -0.3 is 4.74 Å². The summed E-state index contributed by atoms with van der Waals surface area (Å²) >= 11 is 14.7. The van der Waals surface area contributed by atoms with Crippen LogP contribution in [-0.2, 0) is 9.53 Å². The van der Waals surface area contributed by atoms with Gasteiger partial charge in [-0.15, -0.1) is 35.0 Å². The lowest BCUT2D eigenvalue weighted by atomic mass is 9.76. The first-order chi connectivity index (χ1) is 11.1. The minimum Gasteiger partial charge on any atom is -0.368 e. The minimum absolute atomic E-state index is 0.000220. The van der Waals surface area contributed by atoms with Crippen LogP contribution in [0.3, 0.4) is 0 Å². The molecule has 3 rings (SSSR count). The summed E-state index contributed by atoms with van der Waals surface area (Å²) in [5.74, 6) is 0.601. The average Bonchev–Trinajstić information content (AvgIpc) is 2.58. The molecular formula is C18H28Cl2O2S. The van der Waals surface area contributed by atoms with E-state index in [-0.39, 0.29) is 22.6 Å². The monoisotopic (exact) mass is 378 g/mol. The molecular weight excluding hydrogens is 351 g/mol. The van der Waals surface area contributed by atoms with Gasteiger partial charge in [0.1, 0.15) is 11.2 Å². The molecule has 132 valence electrons. The summed E-state index contributed by atoms with van der Waals surface area (Å²) in [4.78, 5) is 12.8. The van der Waals surface area contributed by atoms with Crippen molar-refractivity contribution in [2.24, 2.45) is 11.8 Å². The third-order valence-corrected chi connectivity index (χ3v) is 8.08. The molecule has 4 unspecified atom stereocenters. The number of alkyl halides is 2. The Bertz CT molecular complexity index is 392. The van der Waals surface area contributed by atoms with E-state index in [1.165, 1.54) is 19.3 Å². The molecule has 1 heterocycles. The maximum atomic E-state index is 12.8. The zero-order valence-corrected chi connectivity index (χ0v) is 16.1. The lowest BCUT2D eigenvalue weighted by molar-refractivity contribution is -0.128. The summed E-state index contributed by atoms with van der Waals surface area (Å²) in [6, 6.07) is 0. The Hall–Kier alpha value is 0.560. The molecule has 2 saturated carbocycles. The molecule has 5 heteroatoms. The van der Waals surface area contributed by atoms with Gasteiger partial charge in [-0.1, -0.05) is 0 Å². The molecule has 2 nitrogen and oxygen atoms in total. The Kier molecular flexibility index (Phi) is 7.01. The van der Waals surface area contributed by atoms with Gasteiger partial charge in [-0.05, 0) is 64.2 Å². The second-order valence-corrected chi connectivity index (χ2v) is 9.98. The number of hydrogen-bond acceptors (Lipinski definition) is 3. The molecule has 3 aliphatic rings. The van der Waals surface area contributed by atoms with Crippen molar-refractivity contribution in [3.63, 3.8) is 0 Å². The molecule has 0 bridgehead atoms. The van der Waals surface area contributed by atoms with Gasteiger partial charge in [-0.3, -0.25) is 4.79 Å². The van der Waals surface area contributed by atoms with Crippen LogP contribution < -0.4 is 0 Å². The Morgan fingerprint density at radius 3 is 2.43 bits per heavy atom. The molecule has 0 aromatic rings. The van der Waals surface area contributed by atoms with Crippen molar-refractivity contribution < 1.29 is 9.53 Å². The van der Waals surface area contributed by atoms with Crippen molar-refractivity contribution in [3.8, 4) is 0 Å². The maximum Gasteiger partial charge on any atom is 0.140 e. The van der Waals surface area contributed by atoms with Crippen LogP contribution >= 0.6 is 35.0 Å². The highest BCUT2D eigenvalue weighted by atomic mass is 35.5. The topological polar surface area (TPSA) is 26.3 Å². The summed E-state index contributed by atoms with van der Waals surface area (Å²) in [5, 5.41) is 0.801. The van der Waals surface area contributed by atoms with E-state index in [9.17, 15) is 4.79 Å². The van der Waals surface area contributed by atoms with Crippen LogP contribution in [0.1, 0.15) is 64.2 Å². The number of halogens is 2. The summed E-state index contributed by atoms with van der Waals surface area (Å²) < 4.78 is 5.84. The van der Waals surface area contributed by atoms with Gasteiger partial charge >= 0.3 is 0 Å². The van der Waals surface area contributed by atoms with E-state index in [2.05, 4.69) is 0 Å². The van der Waals surface area contributed by atoms with Gasteiger partial charge in [0.2, 0.25) is 0 Å². The van der Waals surface area contributed by atoms with Crippen molar-refractivity contribution in [2.75, 3.05) is 6.61 Å². The molecule has 1 saturated heterocycles. The van der Waals surface area contributed by atoms with Crippen LogP contribution in [0.5, 0.6) is 0 Å². The van der Waals surface area contributed by atoms with Gasteiger partial charge in [-0.25, -0.2) is 0 Å². The van der Waals surface area contributed by atoms with Crippen LogP contribution in [0.15, 0.2) is 0 Å². The lowest BCUT2D eigenvalue weighted by Crippen LogP contribution is -2.37. The second-order valence-electron chi connectivity index (χ2n) is 7.34. The zero-order valence-electron chi connectivity index (χ0n) is 13.7. The van der Waals surface area contributed by atoms with E-state index in [1.54, 1.807) is 0 Å². The van der Waals surface area contributed by atoms with Crippen LogP contribution in [-0.4, -0.2) is 33.8 Å². The van der Waals surface area contributed by atoms with E-state index in [0.717, 1.165) is 51.6 Å². The van der Waals surface area contributed by atoms with Crippen LogP contribution in [0.2, 0.25) is 0 Å². The largest absolute Gasteiger partial charge is 0.368 e. The summed E-state index contributed by atoms with van der Waals surface area (Å²) in [6.07, 6.45) is 10.6. The number of carbonyl (C=O) groups is 1. The Labute approximate surface area is 154 Å². The third-order valence-electron chi connectivity index (χ3n) is 5.63. The highest BCUT2D eigenvalue weighted by Gasteiger charge is 2.38. The number of ether oxygens (including phenoxy) is 1. The van der Waals surface area contributed by atoms with Gasteiger partial charge in [0.25, 0.3) is 0 Å². The van der Waals surface area contributed by atoms with Gasteiger partial charge in [0.05, 0.1) is 0 Å². The van der Waals surface area contributed by atoms with Crippen molar-refractivity contribution >= 4 is 40.7 Å². The summed E-state index contributed by atoms with van der Waals surface area (Å²) in [6.45, 7) is 0.921. The predicted molar refractivity (Wildman–Crippen MR) is 98.6 cm³/mol. The normalized spacial score (nSPS) is 42.3. The Balaban J connectivity index is 1.45. The minimum atomic E-state index is -0.0104. The quantitative estimate of drug-likeness (QED) is 0.613. The summed E-state index contributed by atoms with van der Waals surface area (Å²) in [7, 11) is 0. The zero-order chi connectivity index (χ0) is 16.2. The molecule has 0 N–H and O–H groups in total. The number of Topliss-reactive ketones (excluding diaryl/α,β-unsaturated/α-hetero) is 1. The predicted octanol–water partition coefficient (Wildman–Crippen LogP) is 5.39. The van der Waals surface area contributed by atoms with E-state index in [4.69, 9.17) is 27.9 Å². The Morgan fingerprint density at radius 2 is 1.74 bits per heavy atom. The van der Waals surface area contributed by atoms with Gasteiger partial charge in [0, 0.05) is 34.4 Å². The molecule has 4 atom stereocenters. The highest BCUT2D eigenvalue weighted by Crippen LogP contribution is 2.40. The molecule has 2 aliphatic carbocycles. The fraction of sp³-hybridized carbons (Fsp3) is 0.944. The molecule has 0 radical (unpaired) electrons. The summed E-state index contributed by atoms with van der Waals surface area (Å²) in [5.41, 5.74) is 0.392. The number of hydrogen-bond donors (Lipinski definition) is 0. The molecule has 1 aliphatic heterocycles. The maximum absolute atomic E-state index is 12.8. The third kappa shape index (κ3) is 5.03. The van der Waals surface area contributed by atoms with E-state index in [1.807, 2.05) is 11.8 Å². The van der Waals surface area contributed by atoms with Crippen molar-refractivity contribution in [1.82, 2.24) is 0 Å². The first-order valence-electron chi connectivity index (χ1n) is 9.22. The fourth-order valence-electron chi connectivity index (χ4n) is 4.20. The molecule has 0 aromatic heterocycles. The van der Waals surface area contributed by atoms with Crippen molar-refractivity contribution in [3.05, 3.63) is 0 Å². The number of rotatable bonds is 4. The highest BCUT2D eigenvalue weighted by molar-refractivity contribution is 8.00. The first-order valence-corrected chi connectivity index (χ1v) is 11.0. The second kappa shape index (κ2) is 8.78. The van der Waals surface area contributed by atoms with Crippen molar-refractivity contribution in [1.29, 1.82) is 0 Å². The van der Waals surface area contributed by atoms with Gasteiger partial charge in [-0.2, -0.15) is 0 Å². The number of carbonyl (C=O) groups excluding carboxylic acids is 1. The number of ketones is 1. The standard InChI is InChI=1S/C18H28Cl2O2S/c19-13-6-9-16(20)15(11-13)18(21)12-4-7-14(8-5-12)23-17-3-1-2-10-22-17/h12-17H,1-11H2. The molecule has 0 aromatic carbocycles. The van der Waals surface area contributed by atoms with E-state index in [0.29, 0.717) is 16.5 Å². The van der Waals surface area contributed by atoms with E-state index < -0.39 is 0 Å². The smallest absolute Gasteiger partial charge is 0.140 e. The van der Waals surface area contributed by atoms with E-state index >= 15 is 0 Å². The van der Waals surface area contributed by atoms with Crippen LogP contribution in [0.25, 0.3) is 0 Å².